The van der Waals surface area contributed by atoms with Gasteiger partial charge in [0.15, 0.2) is 12.0 Å². The Labute approximate surface area is 231 Å². The number of piperidine rings is 1. The fraction of sp³-hybridized carbons (Fsp3) is 0.407. The maximum atomic E-state index is 14.2. The van der Waals surface area contributed by atoms with Crippen molar-refractivity contribution in [1.29, 1.82) is 10.5 Å². The molecule has 3 aromatic heterocycles. The number of hydrazone groups is 1. The number of hydrogen-bond acceptors (Lipinski definition) is 11. The number of pyridine rings is 2. The molecule has 2 N–H and O–H groups in total. The van der Waals surface area contributed by atoms with Gasteiger partial charge in [0.25, 0.3) is 5.88 Å². The fourth-order valence-corrected chi connectivity index (χ4v) is 4.42. The van der Waals surface area contributed by atoms with Gasteiger partial charge in [-0.1, -0.05) is 0 Å². The van der Waals surface area contributed by atoms with Crippen LogP contribution in [-0.2, 0) is 4.74 Å². The van der Waals surface area contributed by atoms with Gasteiger partial charge in [-0.3, -0.25) is 9.39 Å². The lowest BCUT2D eigenvalue weighted by Gasteiger charge is -2.26. The van der Waals surface area contributed by atoms with Crippen molar-refractivity contribution in [2.45, 2.75) is 38.8 Å². The molecule has 208 valence electrons. The minimum Gasteiger partial charge on any atom is -0.473 e. The van der Waals surface area contributed by atoms with Gasteiger partial charge in [0.05, 0.1) is 30.3 Å². The first-order valence-corrected chi connectivity index (χ1v) is 12.7. The van der Waals surface area contributed by atoms with Crippen molar-refractivity contribution in [1.82, 2.24) is 19.3 Å². The van der Waals surface area contributed by atoms with Gasteiger partial charge in [-0.25, -0.2) is 14.4 Å². The second-order valence-corrected chi connectivity index (χ2v) is 9.17. The second kappa shape index (κ2) is 12.9. The Morgan fingerprint density at radius 1 is 1.25 bits per heavy atom. The first-order chi connectivity index (χ1) is 19.4. The van der Waals surface area contributed by atoms with Crippen LogP contribution in [0.3, 0.4) is 0 Å². The van der Waals surface area contributed by atoms with Gasteiger partial charge >= 0.3 is 0 Å². The first-order valence-electron chi connectivity index (χ1n) is 12.7. The second-order valence-electron chi connectivity index (χ2n) is 9.17. The molecular weight excluding hydrogens is 517 g/mol. The molecule has 4 rings (SSSR count). The van der Waals surface area contributed by atoms with E-state index in [2.05, 4.69) is 27.3 Å². The third-order valence-electron chi connectivity index (χ3n) is 6.49. The van der Waals surface area contributed by atoms with E-state index in [9.17, 15) is 9.65 Å². The molecule has 0 aliphatic carbocycles. The van der Waals surface area contributed by atoms with E-state index >= 15 is 0 Å². The number of fused-ring (bicyclic) bond motifs is 1. The first kappa shape index (κ1) is 28.3. The summed E-state index contributed by atoms with van der Waals surface area (Å²) < 4.78 is 32.4. The molecule has 40 heavy (non-hydrogen) atoms. The number of ether oxygens (including phenoxy) is 3. The Bertz CT molecular complexity index is 1500. The molecule has 12 nitrogen and oxygen atoms in total. The van der Waals surface area contributed by atoms with E-state index in [0.29, 0.717) is 47.3 Å². The Hall–Kier alpha value is -4.75. The van der Waals surface area contributed by atoms with Crippen molar-refractivity contribution in [2.24, 2.45) is 15.9 Å². The summed E-state index contributed by atoms with van der Waals surface area (Å²) in [5.41, 5.74) is 2.80. The van der Waals surface area contributed by atoms with Crippen molar-refractivity contribution in [2.75, 3.05) is 33.4 Å². The monoisotopic (exact) mass is 547 g/mol. The van der Waals surface area contributed by atoms with Gasteiger partial charge in [0.2, 0.25) is 5.88 Å². The molecule has 1 fully saturated rings. The zero-order valence-corrected chi connectivity index (χ0v) is 22.5. The Morgan fingerprint density at radius 3 is 2.70 bits per heavy atom. The van der Waals surface area contributed by atoms with Gasteiger partial charge in [0.1, 0.15) is 35.8 Å². The quantitative estimate of drug-likeness (QED) is 0.132. The molecular formula is C27H30FN9O3. The lowest BCUT2D eigenvalue weighted by molar-refractivity contribution is 0.139. The average molecular weight is 548 g/mol. The number of likely N-dealkylation sites (tertiary alicyclic amines) is 1. The summed E-state index contributed by atoms with van der Waals surface area (Å²) >= 11 is 0. The largest absolute Gasteiger partial charge is 0.473 e. The lowest BCUT2D eigenvalue weighted by atomic mass is 10.0. The van der Waals surface area contributed by atoms with Crippen LogP contribution in [0.15, 0.2) is 40.6 Å². The van der Waals surface area contributed by atoms with Crippen molar-refractivity contribution in [3.63, 3.8) is 0 Å². The van der Waals surface area contributed by atoms with E-state index in [4.69, 9.17) is 30.3 Å². The van der Waals surface area contributed by atoms with Crippen molar-refractivity contribution < 1.29 is 18.6 Å². The highest BCUT2D eigenvalue weighted by Crippen LogP contribution is 2.27. The van der Waals surface area contributed by atoms with Crippen molar-refractivity contribution in [3.05, 3.63) is 53.2 Å². The van der Waals surface area contributed by atoms with Crippen LogP contribution in [0.5, 0.6) is 11.8 Å². The Balaban J connectivity index is 1.65. The molecule has 1 unspecified atom stereocenters. The highest BCUT2D eigenvalue weighted by atomic mass is 19.1. The van der Waals surface area contributed by atoms with Crippen LogP contribution in [-0.4, -0.2) is 70.1 Å². The zero-order valence-electron chi connectivity index (χ0n) is 22.5. The molecule has 1 saturated heterocycles. The molecule has 0 spiro atoms. The van der Waals surface area contributed by atoms with Gasteiger partial charge in [-0.05, 0) is 44.9 Å². The van der Waals surface area contributed by atoms with Crippen LogP contribution in [0.2, 0.25) is 0 Å². The summed E-state index contributed by atoms with van der Waals surface area (Å²) in [5, 5.41) is 22.8. The van der Waals surface area contributed by atoms with Crippen LogP contribution in [0, 0.1) is 28.6 Å². The highest BCUT2D eigenvalue weighted by Gasteiger charge is 2.22. The molecule has 1 atom stereocenters. The minimum atomic E-state index is -0.656. The van der Waals surface area contributed by atoms with Gasteiger partial charge in [-0.15, -0.1) is 0 Å². The minimum absolute atomic E-state index is 0.0438. The molecule has 13 heteroatoms. The third kappa shape index (κ3) is 6.27. The number of rotatable bonds is 10. The van der Waals surface area contributed by atoms with Gasteiger partial charge < -0.3 is 25.0 Å². The number of imidazole rings is 1. The predicted octanol–water partition coefficient (Wildman–Crippen LogP) is 2.97. The van der Waals surface area contributed by atoms with Crippen molar-refractivity contribution >= 4 is 17.1 Å². The number of aliphatic imine (C=N–C) groups is 1. The molecule has 0 aromatic carbocycles. The topological polar surface area (TPSA) is 159 Å². The molecule has 4 heterocycles. The maximum Gasteiger partial charge on any atom is 0.250 e. The summed E-state index contributed by atoms with van der Waals surface area (Å²) in [6.07, 6.45) is 4.46. The van der Waals surface area contributed by atoms with E-state index < -0.39 is 11.9 Å². The molecule has 1 aliphatic rings. The molecule has 0 radical (unpaired) electrons. The van der Waals surface area contributed by atoms with E-state index in [1.54, 1.807) is 28.4 Å². The summed E-state index contributed by atoms with van der Waals surface area (Å²) in [4.78, 5) is 15.2. The summed E-state index contributed by atoms with van der Waals surface area (Å²) in [5.74, 6) is 5.35. The summed E-state index contributed by atoms with van der Waals surface area (Å²) in [6.45, 7) is 5.30. The normalized spacial score (nSPS) is 15.5. The van der Waals surface area contributed by atoms with Crippen LogP contribution < -0.4 is 15.3 Å². The Morgan fingerprint density at radius 2 is 2.02 bits per heavy atom. The fourth-order valence-electron chi connectivity index (χ4n) is 4.42. The average Bonchev–Trinajstić information content (AvgIpc) is 3.38. The van der Waals surface area contributed by atoms with Gasteiger partial charge in [0, 0.05) is 31.8 Å². The smallest absolute Gasteiger partial charge is 0.250 e. The van der Waals surface area contributed by atoms with Crippen LogP contribution in [0.4, 0.5) is 4.39 Å². The lowest BCUT2D eigenvalue weighted by Crippen LogP contribution is -2.32. The number of nitrogens with two attached hydrogens (primary N) is 1. The van der Waals surface area contributed by atoms with Crippen LogP contribution >= 0.6 is 0 Å². The van der Waals surface area contributed by atoms with Crippen molar-refractivity contribution in [3.8, 4) is 24.0 Å². The number of nitrogens with zero attached hydrogens (tertiary/aromatic N) is 8. The molecule has 0 amide bonds. The zero-order chi connectivity index (χ0) is 28.6. The van der Waals surface area contributed by atoms with Gasteiger partial charge in [-0.2, -0.15) is 15.6 Å². The predicted molar refractivity (Wildman–Crippen MR) is 145 cm³/mol. The SMILES string of the molecule is COCCOc1nc(C(C)Oc2cc(/C(=N/N)C(C)=NC3CCN(C#N)CC3)cc3ncc(C#N)n23)ccc1F. The third-order valence-corrected chi connectivity index (χ3v) is 6.49. The molecule has 1 aliphatic heterocycles. The number of hydrogen-bond donors (Lipinski definition) is 1. The standard InChI is InChI=1S/C27H30FN9O3/c1-17(33-20-6-8-36(16-30)9-7-20)26(35-31)19-12-24-32-15-21(14-29)37(24)25(13-19)40-18(2)23-5-4-22(28)27(34-23)39-11-10-38-3/h4-5,12-13,15,18,20H,6-11,31H2,1-3H3/b33-17?,35-26+. The maximum absolute atomic E-state index is 14.2. The van der Waals surface area contributed by atoms with E-state index in [1.807, 2.05) is 6.92 Å². The summed E-state index contributed by atoms with van der Waals surface area (Å²) in [6, 6.07) is 8.37. The molecule has 3 aromatic rings. The van der Waals surface area contributed by atoms with E-state index in [-0.39, 0.29) is 30.8 Å². The number of halogens is 1. The number of nitriles is 2. The number of methoxy groups -OCH3 is 1. The van der Waals surface area contributed by atoms with Crippen LogP contribution in [0.1, 0.15) is 49.7 Å². The van der Waals surface area contributed by atoms with E-state index in [1.165, 1.54) is 25.4 Å². The Kier molecular flexibility index (Phi) is 9.09. The molecule has 0 saturated carbocycles. The molecule has 0 bridgehead atoms. The van der Waals surface area contributed by atoms with E-state index in [0.717, 1.165) is 12.8 Å². The highest BCUT2D eigenvalue weighted by molar-refractivity contribution is 6.47. The number of aromatic nitrogens is 3. The van der Waals surface area contributed by atoms with Crippen LogP contribution in [0.25, 0.3) is 5.65 Å². The summed E-state index contributed by atoms with van der Waals surface area (Å²) in [7, 11) is 1.52.